The Labute approximate surface area is 88.0 Å². The Morgan fingerprint density at radius 3 is 2.67 bits per heavy atom. The molecule has 0 spiro atoms. The standard InChI is InChI=1S/C11H11N3O/c1-15-11-6-5-9(8-13-11)14-10-4-2-3-7-12-10/h2-8H,1H3,(H,12,14). The quantitative estimate of drug-likeness (QED) is 0.827. The molecule has 0 saturated heterocycles. The average Bonchev–Trinajstić information content (AvgIpc) is 2.31. The Bertz CT molecular complexity index is 414. The predicted octanol–water partition coefficient (Wildman–Crippen LogP) is 2.23. The van der Waals surface area contributed by atoms with Crippen LogP contribution in [0.15, 0.2) is 42.7 Å². The van der Waals surface area contributed by atoms with Gasteiger partial charge in [0, 0.05) is 12.3 Å². The fourth-order valence-corrected chi connectivity index (χ4v) is 1.16. The van der Waals surface area contributed by atoms with Crippen molar-refractivity contribution in [2.24, 2.45) is 0 Å². The molecule has 1 N–H and O–H groups in total. The second-order valence-electron chi connectivity index (χ2n) is 2.93. The van der Waals surface area contributed by atoms with Crippen LogP contribution in [-0.2, 0) is 0 Å². The van der Waals surface area contributed by atoms with Crippen molar-refractivity contribution < 1.29 is 4.74 Å². The molecule has 2 aromatic heterocycles. The molecular weight excluding hydrogens is 190 g/mol. The maximum Gasteiger partial charge on any atom is 0.213 e. The monoisotopic (exact) mass is 201 g/mol. The number of methoxy groups -OCH3 is 1. The second kappa shape index (κ2) is 4.41. The second-order valence-corrected chi connectivity index (χ2v) is 2.93. The highest BCUT2D eigenvalue weighted by molar-refractivity contribution is 5.54. The van der Waals surface area contributed by atoms with Crippen LogP contribution in [0, 0.1) is 0 Å². The largest absolute Gasteiger partial charge is 0.481 e. The van der Waals surface area contributed by atoms with Crippen molar-refractivity contribution in [1.29, 1.82) is 0 Å². The van der Waals surface area contributed by atoms with Crippen molar-refractivity contribution >= 4 is 11.5 Å². The van der Waals surface area contributed by atoms with Crippen LogP contribution < -0.4 is 10.1 Å². The summed E-state index contributed by atoms with van der Waals surface area (Å²) in [6, 6.07) is 9.37. The molecule has 2 rings (SSSR count). The number of nitrogens with zero attached hydrogens (tertiary/aromatic N) is 2. The van der Waals surface area contributed by atoms with Crippen LogP contribution in [0.2, 0.25) is 0 Å². The summed E-state index contributed by atoms with van der Waals surface area (Å²) in [6.07, 6.45) is 3.44. The summed E-state index contributed by atoms with van der Waals surface area (Å²) < 4.78 is 4.96. The molecule has 0 atom stereocenters. The Kier molecular flexibility index (Phi) is 2.78. The summed E-state index contributed by atoms with van der Waals surface area (Å²) >= 11 is 0. The van der Waals surface area contributed by atoms with Gasteiger partial charge in [0.05, 0.1) is 19.0 Å². The van der Waals surface area contributed by atoms with Gasteiger partial charge < -0.3 is 10.1 Å². The molecule has 0 amide bonds. The summed E-state index contributed by atoms with van der Waals surface area (Å²) in [5, 5.41) is 3.13. The molecule has 0 aromatic carbocycles. The molecular formula is C11H11N3O. The molecule has 0 aliphatic carbocycles. The molecule has 2 heterocycles. The zero-order valence-corrected chi connectivity index (χ0v) is 8.34. The Balaban J connectivity index is 2.11. The average molecular weight is 201 g/mol. The van der Waals surface area contributed by atoms with Crippen molar-refractivity contribution in [3.8, 4) is 5.88 Å². The molecule has 0 bridgehead atoms. The van der Waals surface area contributed by atoms with Gasteiger partial charge in [-0.1, -0.05) is 6.07 Å². The number of hydrogen-bond donors (Lipinski definition) is 1. The van der Waals surface area contributed by atoms with E-state index in [0.29, 0.717) is 5.88 Å². The third-order valence-corrected chi connectivity index (χ3v) is 1.88. The van der Waals surface area contributed by atoms with Gasteiger partial charge >= 0.3 is 0 Å². The maximum atomic E-state index is 4.96. The number of aromatic nitrogens is 2. The molecule has 0 unspecified atom stereocenters. The molecule has 2 aromatic rings. The fraction of sp³-hybridized carbons (Fsp3) is 0.0909. The van der Waals surface area contributed by atoms with Crippen LogP contribution in [0.5, 0.6) is 5.88 Å². The maximum absolute atomic E-state index is 4.96. The summed E-state index contributed by atoms with van der Waals surface area (Å²) in [6.45, 7) is 0. The van der Waals surface area contributed by atoms with Gasteiger partial charge in [0.25, 0.3) is 0 Å². The van der Waals surface area contributed by atoms with Gasteiger partial charge in [-0.15, -0.1) is 0 Å². The number of ether oxygens (including phenoxy) is 1. The third-order valence-electron chi connectivity index (χ3n) is 1.88. The van der Waals surface area contributed by atoms with Gasteiger partial charge in [-0.3, -0.25) is 0 Å². The van der Waals surface area contributed by atoms with Crippen LogP contribution >= 0.6 is 0 Å². The van der Waals surface area contributed by atoms with E-state index in [1.54, 1.807) is 25.6 Å². The summed E-state index contributed by atoms with van der Waals surface area (Å²) in [7, 11) is 1.59. The lowest BCUT2D eigenvalue weighted by molar-refractivity contribution is 0.398. The van der Waals surface area contributed by atoms with E-state index < -0.39 is 0 Å². The Morgan fingerprint density at radius 2 is 2.07 bits per heavy atom. The first-order valence-electron chi connectivity index (χ1n) is 4.56. The molecule has 0 radical (unpaired) electrons. The highest BCUT2D eigenvalue weighted by atomic mass is 16.5. The van der Waals surface area contributed by atoms with E-state index in [0.717, 1.165) is 11.5 Å². The van der Waals surface area contributed by atoms with Crippen LogP contribution in [0.25, 0.3) is 0 Å². The minimum Gasteiger partial charge on any atom is -0.481 e. The van der Waals surface area contributed by atoms with Gasteiger partial charge in [0.1, 0.15) is 5.82 Å². The number of rotatable bonds is 3. The van der Waals surface area contributed by atoms with E-state index in [2.05, 4.69) is 15.3 Å². The van der Waals surface area contributed by atoms with E-state index in [9.17, 15) is 0 Å². The molecule has 4 nitrogen and oxygen atoms in total. The smallest absolute Gasteiger partial charge is 0.213 e. The van der Waals surface area contributed by atoms with E-state index in [4.69, 9.17) is 4.74 Å². The minimum absolute atomic E-state index is 0.599. The first kappa shape index (κ1) is 9.45. The summed E-state index contributed by atoms with van der Waals surface area (Å²) in [5.41, 5.74) is 0.884. The highest BCUT2D eigenvalue weighted by Gasteiger charge is 1.96. The molecule has 4 heteroatoms. The van der Waals surface area contributed by atoms with Gasteiger partial charge in [0.15, 0.2) is 0 Å². The lowest BCUT2D eigenvalue weighted by Crippen LogP contribution is -1.94. The first-order chi connectivity index (χ1) is 7.38. The van der Waals surface area contributed by atoms with Crippen molar-refractivity contribution in [3.05, 3.63) is 42.7 Å². The minimum atomic E-state index is 0.599. The van der Waals surface area contributed by atoms with Gasteiger partial charge in [0.2, 0.25) is 5.88 Å². The molecule has 0 fully saturated rings. The zero-order valence-electron chi connectivity index (χ0n) is 8.34. The molecule has 0 saturated carbocycles. The fourth-order valence-electron chi connectivity index (χ4n) is 1.16. The van der Waals surface area contributed by atoms with E-state index >= 15 is 0 Å². The number of nitrogens with one attached hydrogen (secondary N) is 1. The van der Waals surface area contributed by atoms with Gasteiger partial charge in [-0.2, -0.15) is 0 Å². The van der Waals surface area contributed by atoms with E-state index in [-0.39, 0.29) is 0 Å². The predicted molar refractivity (Wildman–Crippen MR) is 58.3 cm³/mol. The summed E-state index contributed by atoms with van der Waals surface area (Å²) in [5.74, 6) is 1.39. The van der Waals surface area contributed by atoms with Crippen molar-refractivity contribution in [1.82, 2.24) is 9.97 Å². The molecule has 15 heavy (non-hydrogen) atoms. The van der Waals surface area contributed by atoms with Gasteiger partial charge in [-0.05, 0) is 18.2 Å². The number of hydrogen-bond acceptors (Lipinski definition) is 4. The molecule has 0 aliphatic rings. The van der Waals surface area contributed by atoms with E-state index in [1.807, 2.05) is 24.3 Å². The Morgan fingerprint density at radius 1 is 1.13 bits per heavy atom. The highest BCUT2D eigenvalue weighted by Crippen LogP contribution is 2.15. The van der Waals surface area contributed by atoms with Crippen LogP contribution in [-0.4, -0.2) is 17.1 Å². The van der Waals surface area contributed by atoms with Crippen molar-refractivity contribution in [2.45, 2.75) is 0 Å². The van der Waals surface area contributed by atoms with Crippen LogP contribution in [0.4, 0.5) is 11.5 Å². The number of pyridine rings is 2. The topological polar surface area (TPSA) is 47.0 Å². The molecule has 0 aliphatic heterocycles. The summed E-state index contributed by atoms with van der Waals surface area (Å²) in [4.78, 5) is 8.23. The van der Waals surface area contributed by atoms with Crippen molar-refractivity contribution in [2.75, 3.05) is 12.4 Å². The Hall–Kier alpha value is -2.10. The lowest BCUT2D eigenvalue weighted by atomic mass is 10.4. The third kappa shape index (κ3) is 2.43. The lowest BCUT2D eigenvalue weighted by Gasteiger charge is -2.04. The van der Waals surface area contributed by atoms with Gasteiger partial charge in [-0.25, -0.2) is 9.97 Å². The molecule has 76 valence electrons. The first-order valence-corrected chi connectivity index (χ1v) is 4.56. The number of anilines is 2. The van der Waals surface area contributed by atoms with Crippen molar-refractivity contribution in [3.63, 3.8) is 0 Å². The van der Waals surface area contributed by atoms with Crippen LogP contribution in [0.1, 0.15) is 0 Å². The zero-order chi connectivity index (χ0) is 10.5. The van der Waals surface area contributed by atoms with Crippen LogP contribution in [0.3, 0.4) is 0 Å². The van der Waals surface area contributed by atoms with E-state index in [1.165, 1.54) is 0 Å². The normalized spacial score (nSPS) is 9.67. The SMILES string of the molecule is COc1ccc(Nc2ccccn2)cn1.